The van der Waals surface area contributed by atoms with Crippen LogP contribution in [0.2, 0.25) is 0 Å². The molecule has 1 aliphatic heterocycles. The Hall–Kier alpha value is -5.03. The summed E-state index contributed by atoms with van der Waals surface area (Å²) in [5, 5.41) is 0. The molecule has 4 heterocycles. The fourth-order valence-corrected chi connectivity index (χ4v) is 7.09. The third-order valence-electron chi connectivity index (χ3n) is 8.37. The van der Waals surface area contributed by atoms with E-state index in [1.807, 2.05) is 67.9 Å². The number of sulfonamides is 1. The lowest BCUT2D eigenvalue weighted by Crippen LogP contribution is -2.45. The number of rotatable bonds is 5. The van der Waals surface area contributed by atoms with Gasteiger partial charge in [-0.3, -0.25) is 4.79 Å². The number of amides is 1. The van der Waals surface area contributed by atoms with Crippen molar-refractivity contribution in [2.24, 2.45) is 5.41 Å². The van der Waals surface area contributed by atoms with E-state index in [9.17, 15) is 13.2 Å². The van der Waals surface area contributed by atoms with Crippen LogP contribution in [-0.4, -0.2) is 51.2 Å². The van der Waals surface area contributed by atoms with Crippen molar-refractivity contribution in [2.45, 2.75) is 65.4 Å². The van der Waals surface area contributed by atoms with Gasteiger partial charge in [0.2, 0.25) is 11.8 Å². The summed E-state index contributed by atoms with van der Waals surface area (Å²) in [6.45, 7) is 16.6. The maximum Gasteiger partial charge on any atom is 0.264 e. The summed E-state index contributed by atoms with van der Waals surface area (Å²) >= 11 is 0. The molecule has 248 valence electrons. The maximum absolute atomic E-state index is 14.5. The lowest BCUT2D eigenvalue weighted by molar-refractivity contribution is 0.0509. The van der Waals surface area contributed by atoms with E-state index in [0.717, 1.165) is 33.5 Å². The number of aromatic nitrogens is 4. The van der Waals surface area contributed by atoms with E-state index >= 15 is 0 Å². The fourth-order valence-electron chi connectivity index (χ4n) is 6.10. The van der Waals surface area contributed by atoms with Gasteiger partial charge in [0.05, 0.1) is 28.9 Å². The van der Waals surface area contributed by atoms with Crippen molar-refractivity contribution in [2.75, 3.05) is 11.3 Å². The third-order valence-corrected chi connectivity index (χ3v) is 9.69. The Kier molecular flexibility index (Phi) is 8.59. The van der Waals surface area contributed by atoms with Crippen molar-refractivity contribution < 1.29 is 17.9 Å². The Labute approximate surface area is 281 Å². The van der Waals surface area contributed by atoms with Crippen LogP contribution in [0.15, 0.2) is 84.5 Å². The van der Waals surface area contributed by atoms with Crippen LogP contribution >= 0.6 is 0 Å². The van der Waals surface area contributed by atoms with Crippen molar-refractivity contribution in [1.29, 1.82) is 0 Å². The highest BCUT2D eigenvalue weighted by atomic mass is 32.2. The van der Waals surface area contributed by atoms with Gasteiger partial charge in [-0.05, 0) is 79.6 Å². The molecular formula is C37H40N6O4S. The van der Waals surface area contributed by atoms with E-state index in [2.05, 4.69) is 42.0 Å². The van der Waals surface area contributed by atoms with Crippen LogP contribution in [0.25, 0.3) is 22.5 Å². The van der Waals surface area contributed by atoms with E-state index in [-0.39, 0.29) is 46.8 Å². The molecule has 1 atom stereocenters. The first-order chi connectivity index (χ1) is 22.7. The van der Waals surface area contributed by atoms with E-state index in [4.69, 9.17) is 9.72 Å². The number of nitrogens with zero attached hydrogens (tertiary/aromatic N) is 5. The third kappa shape index (κ3) is 6.96. The summed E-state index contributed by atoms with van der Waals surface area (Å²) in [5.41, 5.74) is 6.70. The van der Waals surface area contributed by atoms with Crippen LogP contribution in [0.4, 0.5) is 5.95 Å². The monoisotopic (exact) mass is 664 g/mol. The van der Waals surface area contributed by atoms with Crippen molar-refractivity contribution in [1.82, 2.24) is 24.3 Å². The number of allylic oxidation sites excluding steroid dienone is 1. The Balaban J connectivity index is 1.49. The molecule has 48 heavy (non-hydrogen) atoms. The number of benzene rings is 2. The van der Waals surface area contributed by atoms with Gasteiger partial charge in [-0.15, -0.1) is 0 Å². The highest BCUT2D eigenvalue weighted by molar-refractivity contribution is 7.92. The summed E-state index contributed by atoms with van der Waals surface area (Å²) in [6, 6.07) is 17.2. The molecule has 1 amide bonds. The second-order valence-electron chi connectivity index (χ2n) is 13.7. The normalized spacial score (nSPS) is 16.3. The number of nitrogens with one attached hydrogen (secondary N) is 1. The summed E-state index contributed by atoms with van der Waals surface area (Å²) in [4.78, 5) is 30.1. The summed E-state index contributed by atoms with van der Waals surface area (Å²) in [7, 11) is -4.17. The zero-order valence-corrected chi connectivity index (χ0v) is 28.9. The van der Waals surface area contributed by atoms with Gasteiger partial charge in [0.25, 0.3) is 15.9 Å². The van der Waals surface area contributed by atoms with Crippen LogP contribution in [0, 0.1) is 19.3 Å². The topological polar surface area (TPSA) is 119 Å². The van der Waals surface area contributed by atoms with Crippen molar-refractivity contribution in [3.05, 3.63) is 108 Å². The smallest absolute Gasteiger partial charge is 0.264 e. The van der Waals surface area contributed by atoms with Crippen LogP contribution < -0.4 is 9.46 Å². The minimum atomic E-state index is -4.17. The maximum atomic E-state index is 14.5. The number of fused-ring (bicyclic) bond motifs is 5. The fraction of sp³-hybridized carbons (Fsp3) is 0.297. The van der Waals surface area contributed by atoms with Crippen molar-refractivity contribution in [3.63, 3.8) is 0 Å². The summed E-state index contributed by atoms with van der Waals surface area (Å²) in [5.74, 6) is -0.264. The zero-order valence-electron chi connectivity index (χ0n) is 28.1. The van der Waals surface area contributed by atoms with Gasteiger partial charge in [0, 0.05) is 29.6 Å². The first-order valence-electron chi connectivity index (χ1n) is 15.8. The minimum absolute atomic E-state index is 0.0801. The van der Waals surface area contributed by atoms with Gasteiger partial charge in [-0.2, -0.15) is 4.98 Å². The molecule has 5 aromatic rings. The molecule has 0 fully saturated rings. The molecule has 0 aliphatic carbocycles. The number of ether oxygens (including phenoxy) is 1. The number of hydrogen-bond donors (Lipinski definition) is 1. The average Bonchev–Trinajstić information content (AvgIpc) is 3.42. The molecule has 11 heteroatoms. The number of imidazole rings is 1. The van der Waals surface area contributed by atoms with Crippen LogP contribution in [0.5, 0.6) is 5.88 Å². The van der Waals surface area contributed by atoms with Crippen molar-refractivity contribution >= 4 is 33.1 Å². The Morgan fingerprint density at radius 2 is 1.75 bits per heavy atom. The first kappa shape index (κ1) is 32.9. The van der Waals surface area contributed by atoms with Gasteiger partial charge in [-0.1, -0.05) is 57.2 Å². The molecule has 2 aromatic carbocycles. The van der Waals surface area contributed by atoms with Gasteiger partial charge in [0.15, 0.2) is 0 Å². The first-order valence-corrected chi connectivity index (χ1v) is 17.3. The van der Waals surface area contributed by atoms with E-state index in [1.54, 1.807) is 23.1 Å². The number of pyridine rings is 1. The number of carbonyl (C=O) groups is 1. The molecule has 0 unspecified atom stereocenters. The second-order valence-corrected chi connectivity index (χ2v) is 15.4. The molecule has 0 spiro atoms. The number of anilines is 1. The lowest BCUT2D eigenvalue weighted by Gasteiger charge is -2.35. The highest BCUT2D eigenvalue weighted by Crippen LogP contribution is 2.32. The van der Waals surface area contributed by atoms with Crippen molar-refractivity contribution in [3.8, 4) is 17.1 Å². The molecule has 6 rings (SSSR count). The average molecular weight is 665 g/mol. The van der Waals surface area contributed by atoms with Crippen LogP contribution in [-0.2, 0) is 16.6 Å². The Bertz CT molecular complexity index is 2150. The standard InChI is InChI=1S/C37H40N6O4S/c1-23(2)26-14-15-42-20-28(38-32(42)17-26)21-43-29(19-37(5,6)7)22-47-33-18-31(34-24(3)10-8-11-25(34)4)39-36(40-33)41-48(45,46)30-13-9-12-27(16-30)35(43)44/h8-18,20,29H,1,19,21-22H2,2-7H3,(H,39,40,41)/t29-/m1/s1. The zero-order chi connectivity index (χ0) is 34.4. The minimum Gasteiger partial charge on any atom is -0.475 e. The molecule has 0 radical (unpaired) electrons. The SMILES string of the molecule is C=C(C)c1ccn2cc(CN3C(=O)c4cccc(c4)S(=O)(=O)Nc4nc(cc(-c5c(C)cccc5C)n4)OC[C@H]3CC(C)(C)C)nc2c1. The second kappa shape index (κ2) is 12.5. The van der Waals surface area contributed by atoms with E-state index < -0.39 is 16.1 Å². The lowest BCUT2D eigenvalue weighted by atomic mass is 9.87. The largest absolute Gasteiger partial charge is 0.475 e. The summed E-state index contributed by atoms with van der Waals surface area (Å²) in [6.07, 6.45) is 4.41. The molecule has 1 N–H and O–H groups in total. The number of carbonyl (C=O) groups excluding carboxylic acids is 1. The molecule has 0 saturated heterocycles. The van der Waals surface area contributed by atoms with Gasteiger partial charge in [-0.25, -0.2) is 23.1 Å². The molecule has 3 aromatic heterocycles. The predicted octanol–water partition coefficient (Wildman–Crippen LogP) is 7.08. The van der Waals surface area contributed by atoms with E-state index in [1.165, 1.54) is 12.1 Å². The molecule has 4 bridgehead atoms. The van der Waals surface area contributed by atoms with Gasteiger partial charge >= 0.3 is 0 Å². The number of hydrogen-bond acceptors (Lipinski definition) is 7. The quantitative estimate of drug-likeness (QED) is 0.213. The molecular weight excluding hydrogens is 625 g/mol. The van der Waals surface area contributed by atoms with E-state index in [0.29, 0.717) is 17.8 Å². The molecule has 1 aliphatic rings. The molecule has 10 nitrogen and oxygen atoms in total. The van der Waals surface area contributed by atoms with Gasteiger partial charge < -0.3 is 14.0 Å². The highest BCUT2D eigenvalue weighted by Gasteiger charge is 2.32. The van der Waals surface area contributed by atoms with Crippen LogP contribution in [0.1, 0.15) is 66.9 Å². The molecule has 0 saturated carbocycles. The predicted molar refractivity (Wildman–Crippen MR) is 187 cm³/mol. The Morgan fingerprint density at radius 1 is 1.02 bits per heavy atom. The van der Waals surface area contributed by atoms with Gasteiger partial charge in [0.1, 0.15) is 12.3 Å². The number of aryl methyl sites for hydroxylation is 2. The van der Waals surface area contributed by atoms with Crippen LogP contribution in [0.3, 0.4) is 0 Å². The Morgan fingerprint density at radius 3 is 2.46 bits per heavy atom. The summed E-state index contributed by atoms with van der Waals surface area (Å²) < 4.78 is 38.2.